The van der Waals surface area contributed by atoms with Crippen molar-refractivity contribution in [1.29, 1.82) is 0 Å². The summed E-state index contributed by atoms with van der Waals surface area (Å²) in [4.78, 5) is 15.7. The van der Waals surface area contributed by atoms with Gasteiger partial charge in [0.25, 0.3) is 0 Å². The van der Waals surface area contributed by atoms with Gasteiger partial charge in [0.2, 0.25) is 5.91 Å². The molecule has 0 aromatic carbocycles. The molecule has 2 aliphatic rings. The molecule has 2 saturated heterocycles. The van der Waals surface area contributed by atoms with Crippen molar-refractivity contribution in [1.82, 2.24) is 15.1 Å². The van der Waals surface area contributed by atoms with Crippen LogP contribution in [0.3, 0.4) is 0 Å². The third-order valence-electron chi connectivity index (χ3n) is 4.96. The molecular formula is C16H31N3O2. The third kappa shape index (κ3) is 5.24. The zero-order valence-corrected chi connectivity index (χ0v) is 13.9. The third-order valence-corrected chi connectivity index (χ3v) is 4.96. The van der Waals surface area contributed by atoms with Crippen molar-refractivity contribution in [2.75, 3.05) is 53.5 Å². The lowest BCUT2D eigenvalue weighted by Gasteiger charge is -2.37. The van der Waals surface area contributed by atoms with Gasteiger partial charge in [-0.05, 0) is 31.1 Å². The van der Waals surface area contributed by atoms with Crippen molar-refractivity contribution in [3.05, 3.63) is 0 Å². The summed E-state index contributed by atoms with van der Waals surface area (Å²) in [5, 5.41) is 3.75. The quantitative estimate of drug-likeness (QED) is 0.820. The summed E-state index contributed by atoms with van der Waals surface area (Å²) in [5.41, 5.74) is 0.399. The first-order valence-electron chi connectivity index (χ1n) is 8.22. The fraction of sp³-hybridized carbons (Fsp3) is 0.938. The SMILES string of the molecule is CN(C)C(=O)CN1CCC(NCC2(C)CCOCC2)CC1. The lowest BCUT2D eigenvalue weighted by atomic mass is 9.82. The first kappa shape index (κ1) is 16.7. The summed E-state index contributed by atoms with van der Waals surface area (Å²) in [5.74, 6) is 0.205. The smallest absolute Gasteiger partial charge is 0.236 e. The van der Waals surface area contributed by atoms with E-state index in [0.717, 1.165) is 58.5 Å². The molecule has 1 N–H and O–H groups in total. The van der Waals surface area contributed by atoms with Crippen LogP contribution in [0.4, 0.5) is 0 Å². The maximum atomic E-state index is 11.7. The predicted molar refractivity (Wildman–Crippen MR) is 84.3 cm³/mol. The molecular weight excluding hydrogens is 266 g/mol. The van der Waals surface area contributed by atoms with Gasteiger partial charge in [0.15, 0.2) is 0 Å². The van der Waals surface area contributed by atoms with Crippen molar-refractivity contribution < 1.29 is 9.53 Å². The summed E-state index contributed by atoms with van der Waals surface area (Å²) >= 11 is 0. The van der Waals surface area contributed by atoms with E-state index in [1.165, 1.54) is 0 Å². The molecule has 0 aromatic heterocycles. The molecule has 0 radical (unpaired) electrons. The van der Waals surface area contributed by atoms with E-state index >= 15 is 0 Å². The minimum absolute atomic E-state index is 0.205. The molecule has 0 bridgehead atoms. The molecule has 122 valence electrons. The van der Waals surface area contributed by atoms with Crippen LogP contribution in [0.5, 0.6) is 0 Å². The number of piperidine rings is 1. The monoisotopic (exact) mass is 297 g/mol. The number of nitrogens with one attached hydrogen (secondary N) is 1. The van der Waals surface area contributed by atoms with Gasteiger partial charge in [-0.15, -0.1) is 0 Å². The van der Waals surface area contributed by atoms with Gasteiger partial charge in [0.1, 0.15) is 0 Å². The molecule has 0 aromatic rings. The second kappa shape index (κ2) is 7.56. The fourth-order valence-electron chi connectivity index (χ4n) is 3.06. The Bertz CT molecular complexity index is 332. The number of hydrogen-bond donors (Lipinski definition) is 1. The summed E-state index contributed by atoms with van der Waals surface area (Å²) < 4.78 is 5.46. The molecule has 2 heterocycles. The summed E-state index contributed by atoms with van der Waals surface area (Å²) in [7, 11) is 3.65. The molecule has 2 rings (SSSR count). The number of amides is 1. The van der Waals surface area contributed by atoms with Crippen LogP contribution in [0.2, 0.25) is 0 Å². The van der Waals surface area contributed by atoms with Gasteiger partial charge >= 0.3 is 0 Å². The topological polar surface area (TPSA) is 44.8 Å². The summed E-state index contributed by atoms with van der Waals surface area (Å²) in [6, 6.07) is 0.607. The normalized spacial score (nSPS) is 24.0. The molecule has 5 nitrogen and oxygen atoms in total. The average Bonchev–Trinajstić information content (AvgIpc) is 2.47. The number of nitrogens with zero attached hydrogens (tertiary/aromatic N) is 2. The second-order valence-corrected chi connectivity index (χ2v) is 7.14. The molecule has 5 heteroatoms. The minimum Gasteiger partial charge on any atom is -0.381 e. The molecule has 0 saturated carbocycles. The van der Waals surface area contributed by atoms with Crippen LogP contribution in [0, 0.1) is 5.41 Å². The van der Waals surface area contributed by atoms with Crippen LogP contribution < -0.4 is 5.32 Å². The number of likely N-dealkylation sites (tertiary alicyclic amines) is 1. The highest BCUT2D eigenvalue weighted by Crippen LogP contribution is 2.29. The molecule has 0 aliphatic carbocycles. The Balaban J connectivity index is 1.66. The Labute approximate surface area is 129 Å². The lowest BCUT2D eigenvalue weighted by molar-refractivity contribution is -0.130. The molecule has 0 atom stereocenters. The van der Waals surface area contributed by atoms with E-state index in [2.05, 4.69) is 17.1 Å². The summed E-state index contributed by atoms with van der Waals surface area (Å²) in [6.45, 7) is 7.89. The van der Waals surface area contributed by atoms with E-state index in [-0.39, 0.29) is 5.91 Å². The Morgan fingerprint density at radius 3 is 2.48 bits per heavy atom. The number of carbonyl (C=O) groups excluding carboxylic acids is 1. The standard InChI is InChI=1S/C16H31N3O2/c1-16(6-10-21-11-7-16)13-17-14-4-8-19(9-5-14)12-15(20)18(2)3/h14,17H,4-13H2,1-3H3. The number of carbonyl (C=O) groups is 1. The Kier molecular flexibility index (Phi) is 6.02. The molecule has 0 unspecified atom stereocenters. The maximum Gasteiger partial charge on any atom is 0.236 e. The highest BCUT2D eigenvalue weighted by molar-refractivity contribution is 5.77. The highest BCUT2D eigenvalue weighted by Gasteiger charge is 2.29. The summed E-state index contributed by atoms with van der Waals surface area (Å²) in [6.07, 6.45) is 4.62. The van der Waals surface area contributed by atoms with Gasteiger partial charge < -0.3 is 15.0 Å². The van der Waals surface area contributed by atoms with Gasteiger partial charge in [0.05, 0.1) is 6.54 Å². The second-order valence-electron chi connectivity index (χ2n) is 7.14. The van der Waals surface area contributed by atoms with Gasteiger partial charge in [0, 0.05) is 53.0 Å². The minimum atomic E-state index is 0.205. The zero-order valence-electron chi connectivity index (χ0n) is 13.9. The van der Waals surface area contributed by atoms with E-state index in [1.54, 1.807) is 4.90 Å². The van der Waals surface area contributed by atoms with Crippen molar-refractivity contribution in [3.8, 4) is 0 Å². The Morgan fingerprint density at radius 1 is 1.29 bits per heavy atom. The van der Waals surface area contributed by atoms with E-state index in [0.29, 0.717) is 18.0 Å². The van der Waals surface area contributed by atoms with Gasteiger partial charge in [-0.2, -0.15) is 0 Å². The maximum absolute atomic E-state index is 11.7. The van der Waals surface area contributed by atoms with Crippen LogP contribution in [0.15, 0.2) is 0 Å². The van der Waals surface area contributed by atoms with Gasteiger partial charge in [-0.3, -0.25) is 9.69 Å². The first-order valence-corrected chi connectivity index (χ1v) is 8.22. The van der Waals surface area contributed by atoms with Crippen LogP contribution in [0.1, 0.15) is 32.6 Å². The first-order chi connectivity index (χ1) is 9.98. The zero-order chi connectivity index (χ0) is 15.3. The number of ether oxygens (including phenoxy) is 1. The number of likely N-dealkylation sites (N-methyl/N-ethyl adjacent to an activating group) is 1. The largest absolute Gasteiger partial charge is 0.381 e. The van der Waals surface area contributed by atoms with Crippen molar-refractivity contribution in [3.63, 3.8) is 0 Å². The van der Waals surface area contributed by atoms with Crippen molar-refractivity contribution >= 4 is 5.91 Å². The highest BCUT2D eigenvalue weighted by atomic mass is 16.5. The Morgan fingerprint density at radius 2 is 1.90 bits per heavy atom. The van der Waals surface area contributed by atoms with E-state index in [1.807, 2.05) is 14.1 Å². The van der Waals surface area contributed by atoms with Crippen LogP contribution in [-0.4, -0.2) is 75.2 Å². The van der Waals surface area contributed by atoms with Gasteiger partial charge in [-0.1, -0.05) is 6.92 Å². The molecule has 2 fully saturated rings. The van der Waals surface area contributed by atoms with Crippen LogP contribution in [0.25, 0.3) is 0 Å². The number of rotatable bonds is 5. The fourth-order valence-corrected chi connectivity index (χ4v) is 3.06. The number of hydrogen-bond acceptors (Lipinski definition) is 4. The lowest BCUT2D eigenvalue weighted by Crippen LogP contribution is -2.48. The van der Waals surface area contributed by atoms with E-state index < -0.39 is 0 Å². The van der Waals surface area contributed by atoms with Crippen molar-refractivity contribution in [2.45, 2.75) is 38.6 Å². The molecule has 21 heavy (non-hydrogen) atoms. The van der Waals surface area contributed by atoms with Crippen molar-refractivity contribution in [2.24, 2.45) is 5.41 Å². The molecule has 2 aliphatic heterocycles. The van der Waals surface area contributed by atoms with Crippen LogP contribution >= 0.6 is 0 Å². The predicted octanol–water partition coefficient (Wildman–Crippen LogP) is 0.945. The van der Waals surface area contributed by atoms with E-state index in [9.17, 15) is 4.79 Å². The van der Waals surface area contributed by atoms with E-state index in [4.69, 9.17) is 4.74 Å². The van der Waals surface area contributed by atoms with Crippen LogP contribution in [-0.2, 0) is 9.53 Å². The Hall–Kier alpha value is -0.650. The van der Waals surface area contributed by atoms with Gasteiger partial charge in [-0.25, -0.2) is 0 Å². The molecule has 1 amide bonds. The average molecular weight is 297 g/mol. The molecule has 0 spiro atoms.